The maximum absolute atomic E-state index is 9.42. The Morgan fingerprint density at radius 2 is 1.88 bits per heavy atom. The number of likely N-dealkylation sites (tertiary alicyclic amines) is 1. The Kier molecular flexibility index (Phi) is 3.20. The van der Waals surface area contributed by atoms with Crippen LogP contribution in [0.2, 0.25) is 0 Å². The second kappa shape index (κ2) is 4.36. The van der Waals surface area contributed by atoms with Crippen LogP contribution in [-0.4, -0.2) is 50.6 Å². The lowest BCUT2D eigenvalue weighted by molar-refractivity contribution is 0.0572. The monoisotopic (exact) mass is 241 g/mol. The van der Waals surface area contributed by atoms with Gasteiger partial charge in [0.05, 0.1) is 18.8 Å². The molecule has 1 aromatic rings. The molecule has 0 spiro atoms. The fourth-order valence-corrected chi connectivity index (χ4v) is 1.79. The van der Waals surface area contributed by atoms with Crippen molar-refractivity contribution in [3.05, 3.63) is 11.7 Å². The highest BCUT2D eigenvalue weighted by Crippen LogP contribution is 2.19. The van der Waals surface area contributed by atoms with Crippen LogP contribution >= 0.6 is 0 Å². The van der Waals surface area contributed by atoms with E-state index in [1.54, 1.807) is 0 Å². The topological polar surface area (TPSA) is 82.6 Å². The van der Waals surface area contributed by atoms with Gasteiger partial charge in [0.25, 0.3) is 0 Å². The van der Waals surface area contributed by atoms with Gasteiger partial charge in [-0.15, -0.1) is 0 Å². The molecule has 1 saturated heterocycles. The zero-order valence-corrected chi connectivity index (χ0v) is 10.4. The van der Waals surface area contributed by atoms with Crippen molar-refractivity contribution in [2.45, 2.75) is 44.9 Å². The van der Waals surface area contributed by atoms with Gasteiger partial charge in [-0.05, 0) is 0 Å². The molecule has 1 fully saturated rings. The van der Waals surface area contributed by atoms with Gasteiger partial charge in [-0.1, -0.05) is 25.9 Å². The molecule has 0 bridgehead atoms. The first-order valence-corrected chi connectivity index (χ1v) is 5.78. The molecular formula is C11H19N3O3. The number of aliphatic hydroxyl groups is 2. The molecule has 2 atom stereocenters. The highest BCUT2D eigenvalue weighted by atomic mass is 16.5. The summed E-state index contributed by atoms with van der Waals surface area (Å²) in [6, 6.07) is 0. The first-order chi connectivity index (χ1) is 7.86. The Balaban J connectivity index is 1.98. The normalized spacial score (nSPS) is 26.6. The van der Waals surface area contributed by atoms with Gasteiger partial charge < -0.3 is 14.7 Å². The van der Waals surface area contributed by atoms with Gasteiger partial charge in [0.15, 0.2) is 5.82 Å². The average Bonchev–Trinajstić information content (AvgIpc) is 2.75. The zero-order chi connectivity index (χ0) is 12.6. The average molecular weight is 241 g/mol. The Morgan fingerprint density at radius 1 is 1.29 bits per heavy atom. The van der Waals surface area contributed by atoms with Crippen LogP contribution in [0.5, 0.6) is 0 Å². The number of hydrogen-bond acceptors (Lipinski definition) is 6. The summed E-state index contributed by atoms with van der Waals surface area (Å²) < 4.78 is 5.16. The highest BCUT2D eigenvalue weighted by molar-refractivity contribution is 5.00. The van der Waals surface area contributed by atoms with E-state index in [0.717, 1.165) is 0 Å². The van der Waals surface area contributed by atoms with Crippen molar-refractivity contribution in [3.63, 3.8) is 0 Å². The first kappa shape index (κ1) is 12.5. The molecule has 0 saturated carbocycles. The maximum atomic E-state index is 9.42. The molecule has 1 aromatic heterocycles. The van der Waals surface area contributed by atoms with Crippen LogP contribution in [0, 0.1) is 0 Å². The molecule has 1 aliphatic rings. The molecule has 6 nitrogen and oxygen atoms in total. The van der Waals surface area contributed by atoms with E-state index < -0.39 is 12.2 Å². The summed E-state index contributed by atoms with van der Waals surface area (Å²) in [5, 5.41) is 22.8. The van der Waals surface area contributed by atoms with Gasteiger partial charge in [-0.25, -0.2) is 0 Å². The van der Waals surface area contributed by atoms with Crippen LogP contribution in [0.15, 0.2) is 4.52 Å². The second-order valence-electron chi connectivity index (χ2n) is 5.59. The van der Waals surface area contributed by atoms with Gasteiger partial charge in [-0.3, -0.25) is 4.90 Å². The second-order valence-corrected chi connectivity index (χ2v) is 5.59. The molecule has 0 radical (unpaired) electrons. The van der Waals surface area contributed by atoms with E-state index in [4.69, 9.17) is 4.52 Å². The van der Waals surface area contributed by atoms with E-state index >= 15 is 0 Å². The first-order valence-electron chi connectivity index (χ1n) is 5.78. The summed E-state index contributed by atoms with van der Waals surface area (Å²) in [5.74, 6) is 1.20. The van der Waals surface area contributed by atoms with Crippen molar-refractivity contribution in [2.75, 3.05) is 13.1 Å². The van der Waals surface area contributed by atoms with Crippen LogP contribution in [-0.2, 0) is 12.0 Å². The molecule has 2 rings (SSSR count). The number of hydrogen-bond donors (Lipinski definition) is 2. The van der Waals surface area contributed by atoms with Gasteiger partial charge in [-0.2, -0.15) is 4.98 Å². The van der Waals surface area contributed by atoms with Gasteiger partial charge in [0, 0.05) is 18.5 Å². The van der Waals surface area contributed by atoms with Crippen molar-refractivity contribution in [1.82, 2.24) is 15.0 Å². The van der Waals surface area contributed by atoms with Gasteiger partial charge in [0.1, 0.15) is 0 Å². The summed E-state index contributed by atoms with van der Waals surface area (Å²) >= 11 is 0. The van der Waals surface area contributed by atoms with Crippen molar-refractivity contribution in [1.29, 1.82) is 0 Å². The SMILES string of the molecule is CC(C)(C)c1noc(CN2CC(O)C(O)C2)n1. The molecular weight excluding hydrogens is 222 g/mol. The van der Waals surface area contributed by atoms with Gasteiger partial charge >= 0.3 is 0 Å². The van der Waals surface area contributed by atoms with Gasteiger partial charge in [0.2, 0.25) is 5.89 Å². The molecule has 0 aromatic carbocycles. The van der Waals surface area contributed by atoms with E-state index in [2.05, 4.69) is 10.1 Å². The number of nitrogens with zero attached hydrogens (tertiary/aromatic N) is 3. The van der Waals surface area contributed by atoms with Crippen LogP contribution in [0.4, 0.5) is 0 Å². The van der Waals surface area contributed by atoms with Crippen molar-refractivity contribution in [3.8, 4) is 0 Å². The smallest absolute Gasteiger partial charge is 0.240 e. The predicted octanol–water partition coefficient (Wildman–Crippen LogP) is -0.0955. The summed E-state index contributed by atoms with van der Waals surface area (Å²) in [4.78, 5) is 6.21. The van der Waals surface area contributed by atoms with E-state index in [-0.39, 0.29) is 5.41 Å². The third-order valence-corrected chi connectivity index (χ3v) is 2.83. The third-order valence-electron chi connectivity index (χ3n) is 2.83. The molecule has 2 N–H and O–H groups in total. The molecule has 1 aliphatic heterocycles. The molecule has 2 heterocycles. The van der Waals surface area contributed by atoms with Crippen LogP contribution < -0.4 is 0 Å². The minimum Gasteiger partial charge on any atom is -0.389 e. The Labute approximate surface area is 100 Å². The zero-order valence-electron chi connectivity index (χ0n) is 10.4. The molecule has 6 heteroatoms. The number of β-amino-alcohol motifs (C(OH)–C–C–N with tert-alkyl or cyclic N) is 2. The van der Waals surface area contributed by atoms with Crippen molar-refractivity contribution in [2.24, 2.45) is 0 Å². The summed E-state index contributed by atoms with van der Waals surface area (Å²) in [5.41, 5.74) is -0.133. The lowest BCUT2D eigenvalue weighted by Gasteiger charge is -2.12. The largest absolute Gasteiger partial charge is 0.389 e. The fraction of sp³-hybridized carbons (Fsp3) is 0.818. The summed E-state index contributed by atoms with van der Waals surface area (Å²) in [6.07, 6.45) is -1.36. The standard InChI is InChI=1S/C11H19N3O3/c1-11(2,3)10-12-9(17-13-10)6-14-4-7(15)8(16)5-14/h7-8,15-16H,4-6H2,1-3H3. The quantitative estimate of drug-likeness (QED) is 0.752. The van der Waals surface area contributed by atoms with E-state index in [1.807, 2.05) is 25.7 Å². The molecule has 0 amide bonds. The summed E-state index contributed by atoms with van der Waals surface area (Å²) in [6.45, 7) is 7.40. The van der Waals surface area contributed by atoms with E-state index in [9.17, 15) is 10.2 Å². The molecule has 0 aliphatic carbocycles. The van der Waals surface area contributed by atoms with Crippen molar-refractivity contribution < 1.29 is 14.7 Å². The number of rotatable bonds is 2. The maximum Gasteiger partial charge on any atom is 0.240 e. The molecule has 17 heavy (non-hydrogen) atoms. The third kappa shape index (κ3) is 2.83. The Hall–Kier alpha value is -0.980. The Bertz CT molecular complexity index is 376. The van der Waals surface area contributed by atoms with E-state index in [0.29, 0.717) is 31.3 Å². The van der Waals surface area contributed by atoms with Crippen molar-refractivity contribution >= 4 is 0 Å². The van der Waals surface area contributed by atoms with E-state index in [1.165, 1.54) is 0 Å². The summed E-state index contributed by atoms with van der Waals surface area (Å²) in [7, 11) is 0. The van der Waals surface area contributed by atoms with Crippen LogP contribution in [0.3, 0.4) is 0 Å². The van der Waals surface area contributed by atoms with Crippen LogP contribution in [0.25, 0.3) is 0 Å². The predicted molar refractivity (Wildman–Crippen MR) is 60.3 cm³/mol. The Morgan fingerprint density at radius 3 is 2.35 bits per heavy atom. The lowest BCUT2D eigenvalue weighted by Crippen LogP contribution is -2.22. The molecule has 96 valence electrons. The van der Waals surface area contributed by atoms with Crippen LogP contribution in [0.1, 0.15) is 32.5 Å². The number of aromatic nitrogens is 2. The fourth-order valence-electron chi connectivity index (χ4n) is 1.79. The molecule has 2 unspecified atom stereocenters. The minimum atomic E-state index is -0.681. The number of aliphatic hydroxyl groups excluding tert-OH is 2. The highest BCUT2D eigenvalue weighted by Gasteiger charge is 2.31. The minimum absolute atomic E-state index is 0.133. The lowest BCUT2D eigenvalue weighted by atomic mass is 9.96.